The van der Waals surface area contributed by atoms with Crippen LogP contribution in [0, 0.1) is 0 Å². The van der Waals surface area contributed by atoms with Crippen LogP contribution in [0.5, 0.6) is 0 Å². The Kier molecular flexibility index (Phi) is 8.10. The summed E-state index contributed by atoms with van der Waals surface area (Å²) in [5.41, 5.74) is 1.77. The summed E-state index contributed by atoms with van der Waals surface area (Å²) in [6, 6.07) is 7.93. The number of anilines is 1. The van der Waals surface area contributed by atoms with Gasteiger partial charge in [-0.05, 0) is 51.7 Å². The molecule has 0 fully saturated rings. The highest BCUT2D eigenvalue weighted by molar-refractivity contribution is 5.92. The standard InChI is InChI=1S/C20H33N3O2/c1-7-15(3)16-11-9-10-12-17(16)21-18(24)13-23(8-2)14-19(25)22-20(4,5)6/h9-12,15H,7-8,13-14H2,1-6H3,(H,21,24)(H,22,25)/p+1/t15-/m0/s1. The van der Waals surface area contributed by atoms with Gasteiger partial charge in [0, 0.05) is 11.2 Å². The van der Waals surface area contributed by atoms with Gasteiger partial charge in [-0.25, -0.2) is 0 Å². The Bertz CT molecular complexity index is 579. The van der Waals surface area contributed by atoms with Crippen LogP contribution in [0.15, 0.2) is 24.3 Å². The van der Waals surface area contributed by atoms with Crippen molar-refractivity contribution >= 4 is 17.5 Å². The van der Waals surface area contributed by atoms with E-state index in [2.05, 4.69) is 30.5 Å². The Labute approximate surface area is 152 Å². The topological polar surface area (TPSA) is 62.6 Å². The van der Waals surface area contributed by atoms with Crippen LogP contribution >= 0.6 is 0 Å². The normalized spacial score (nSPS) is 13.8. The Morgan fingerprint density at radius 3 is 2.24 bits per heavy atom. The number of carbonyl (C=O) groups excluding carboxylic acids is 2. The quantitative estimate of drug-likeness (QED) is 0.672. The first kappa shape index (κ1) is 21.2. The Hall–Kier alpha value is -1.88. The van der Waals surface area contributed by atoms with Gasteiger partial charge in [0.1, 0.15) is 0 Å². The first-order valence-electron chi connectivity index (χ1n) is 9.19. The molecular formula is C20H34N3O2+. The van der Waals surface area contributed by atoms with E-state index in [9.17, 15) is 9.59 Å². The molecule has 5 heteroatoms. The molecule has 1 unspecified atom stereocenters. The van der Waals surface area contributed by atoms with Gasteiger partial charge in [0.05, 0.1) is 6.54 Å². The molecule has 0 saturated carbocycles. The summed E-state index contributed by atoms with van der Waals surface area (Å²) in [5.74, 6) is 0.303. The summed E-state index contributed by atoms with van der Waals surface area (Å²) in [7, 11) is 0. The average molecular weight is 349 g/mol. The minimum Gasteiger partial charge on any atom is -0.347 e. The summed E-state index contributed by atoms with van der Waals surface area (Å²) < 4.78 is 0. The molecule has 5 nitrogen and oxygen atoms in total. The zero-order chi connectivity index (χ0) is 19.0. The van der Waals surface area contributed by atoms with Crippen molar-refractivity contribution in [3.63, 3.8) is 0 Å². The second-order valence-corrected chi connectivity index (χ2v) is 7.70. The number of rotatable bonds is 8. The number of amides is 2. The molecule has 0 aliphatic heterocycles. The fraction of sp³-hybridized carbons (Fsp3) is 0.600. The van der Waals surface area contributed by atoms with Crippen molar-refractivity contribution in [2.24, 2.45) is 0 Å². The van der Waals surface area contributed by atoms with Gasteiger partial charge in [0.2, 0.25) is 0 Å². The van der Waals surface area contributed by atoms with Crippen LogP contribution in [0.2, 0.25) is 0 Å². The number of nitrogens with one attached hydrogen (secondary N) is 3. The van der Waals surface area contributed by atoms with Crippen molar-refractivity contribution in [2.45, 2.75) is 59.4 Å². The third-order valence-electron chi connectivity index (χ3n) is 4.21. The van der Waals surface area contributed by atoms with Gasteiger partial charge in [-0.3, -0.25) is 9.59 Å². The van der Waals surface area contributed by atoms with Gasteiger partial charge in [0.15, 0.2) is 13.1 Å². The minimum atomic E-state index is -0.257. The number of benzene rings is 1. The van der Waals surface area contributed by atoms with E-state index in [0.29, 0.717) is 12.5 Å². The van der Waals surface area contributed by atoms with Gasteiger partial charge in [-0.1, -0.05) is 32.0 Å². The number of hydrogen-bond acceptors (Lipinski definition) is 2. The highest BCUT2D eigenvalue weighted by Gasteiger charge is 2.21. The predicted octanol–water partition coefficient (Wildman–Crippen LogP) is 1.96. The molecule has 1 rings (SSSR count). The van der Waals surface area contributed by atoms with E-state index >= 15 is 0 Å². The van der Waals surface area contributed by atoms with Crippen LogP contribution in [0.3, 0.4) is 0 Å². The highest BCUT2D eigenvalue weighted by Crippen LogP contribution is 2.26. The van der Waals surface area contributed by atoms with Crippen molar-refractivity contribution in [1.29, 1.82) is 0 Å². The molecule has 2 atom stereocenters. The maximum atomic E-state index is 12.4. The molecule has 3 N–H and O–H groups in total. The molecular weight excluding hydrogens is 314 g/mol. The Morgan fingerprint density at radius 2 is 1.68 bits per heavy atom. The molecule has 0 aliphatic rings. The lowest BCUT2D eigenvalue weighted by Crippen LogP contribution is -3.14. The molecule has 25 heavy (non-hydrogen) atoms. The van der Waals surface area contributed by atoms with E-state index in [1.165, 1.54) is 0 Å². The summed E-state index contributed by atoms with van der Waals surface area (Å²) in [6.07, 6.45) is 1.02. The maximum absolute atomic E-state index is 12.4. The van der Waals surface area contributed by atoms with E-state index in [0.717, 1.165) is 29.1 Å². The van der Waals surface area contributed by atoms with Crippen LogP contribution in [0.4, 0.5) is 5.69 Å². The van der Waals surface area contributed by atoms with Crippen molar-refractivity contribution in [3.8, 4) is 0 Å². The van der Waals surface area contributed by atoms with E-state index in [-0.39, 0.29) is 23.9 Å². The minimum absolute atomic E-state index is 0.0304. The van der Waals surface area contributed by atoms with E-state index in [4.69, 9.17) is 0 Å². The summed E-state index contributed by atoms with van der Waals surface area (Å²) in [4.78, 5) is 25.5. The number of likely N-dealkylation sites (N-methyl/N-ethyl adjacent to an activating group) is 1. The van der Waals surface area contributed by atoms with Crippen molar-refractivity contribution in [2.75, 3.05) is 25.0 Å². The Balaban J connectivity index is 2.67. The molecule has 0 heterocycles. The van der Waals surface area contributed by atoms with Gasteiger partial charge in [0.25, 0.3) is 11.8 Å². The smallest absolute Gasteiger partial charge is 0.279 e. The van der Waals surface area contributed by atoms with Crippen LogP contribution in [-0.4, -0.2) is 37.0 Å². The number of quaternary nitrogens is 1. The monoisotopic (exact) mass is 348 g/mol. The molecule has 0 aromatic heterocycles. The number of para-hydroxylation sites is 1. The molecule has 1 aromatic rings. The van der Waals surface area contributed by atoms with Crippen molar-refractivity contribution in [3.05, 3.63) is 29.8 Å². The summed E-state index contributed by atoms with van der Waals surface area (Å²) >= 11 is 0. The third kappa shape index (κ3) is 7.69. The molecule has 2 amide bonds. The second kappa shape index (κ2) is 9.56. The lowest BCUT2D eigenvalue weighted by Gasteiger charge is -2.23. The number of hydrogen-bond donors (Lipinski definition) is 3. The van der Waals surface area contributed by atoms with Gasteiger partial charge in [-0.2, -0.15) is 0 Å². The van der Waals surface area contributed by atoms with Crippen LogP contribution in [-0.2, 0) is 9.59 Å². The molecule has 1 aromatic carbocycles. The zero-order valence-electron chi connectivity index (χ0n) is 16.5. The summed E-state index contributed by atoms with van der Waals surface area (Å²) in [5, 5.41) is 5.97. The highest BCUT2D eigenvalue weighted by atomic mass is 16.2. The van der Waals surface area contributed by atoms with E-state index in [1.807, 2.05) is 45.9 Å². The van der Waals surface area contributed by atoms with Gasteiger partial charge < -0.3 is 15.5 Å². The van der Waals surface area contributed by atoms with Gasteiger partial charge in [-0.15, -0.1) is 0 Å². The van der Waals surface area contributed by atoms with Crippen molar-refractivity contribution in [1.82, 2.24) is 5.32 Å². The first-order chi connectivity index (χ1) is 11.7. The average Bonchev–Trinajstić information content (AvgIpc) is 2.52. The maximum Gasteiger partial charge on any atom is 0.279 e. The predicted molar refractivity (Wildman–Crippen MR) is 103 cm³/mol. The lowest BCUT2D eigenvalue weighted by molar-refractivity contribution is -0.881. The first-order valence-corrected chi connectivity index (χ1v) is 9.19. The largest absolute Gasteiger partial charge is 0.347 e. The third-order valence-corrected chi connectivity index (χ3v) is 4.21. The zero-order valence-corrected chi connectivity index (χ0v) is 16.5. The number of carbonyl (C=O) groups is 2. The molecule has 0 saturated heterocycles. The molecule has 0 bridgehead atoms. The van der Waals surface area contributed by atoms with Gasteiger partial charge >= 0.3 is 0 Å². The SMILES string of the molecule is CC[C@H](C)c1ccccc1NC(=O)C[NH+](CC)CC(=O)NC(C)(C)C. The van der Waals surface area contributed by atoms with E-state index in [1.54, 1.807) is 0 Å². The lowest BCUT2D eigenvalue weighted by atomic mass is 9.97. The molecule has 0 aliphatic carbocycles. The Morgan fingerprint density at radius 1 is 1.08 bits per heavy atom. The van der Waals surface area contributed by atoms with Crippen LogP contribution in [0.25, 0.3) is 0 Å². The van der Waals surface area contributed by atoms with E-state index < -0.39 is 0 Å². The second-order valence-electron chi connectivity index (χ2n) is 7.70. The molecule has 0 spiro atoms. The molecule has 140 valence electrons. The molecule has 0 radical (unpaired) electrons. The van der Waals surface area contributed by atoms with Crippen LogP contribution < -0.4 is 15.5 Å². The summed E-state index contributed by atoms with van der Waals surface area (Å²) in [6.45, 7) is 13.4. The fourth-order valence-corrected chi connectivity index (χ4v) is 2.68. The fourth-order valence-electron chi connectivity index (χ4n) is 2.68. The van der Waals surface area contributed by atoms with Crippen LogP contribution in [0.1, 0.15) is 59.4 Å². The van der Waals surface area contributed by atoms with Crippen molar-refractivity contribution < 1.29 is 14.5 Å².